The largest absolute Gasteiger partial charge is 0.474 e. The van der Waals surface area contributed by atoms with Crippen LogP contribution < -0.4 is 15.2 Å². The molecule has 11 nitrogen and oxygen atoms in total. The predicted octanol–water partition coefficient (Wildman–Crippen LogP) is 5.60. The fourth-order valence-corrected chi connectivity index (χ4v) is 5.05. The molecule has 2 aliphatic rings. The summed E-state index contributed by atoms with van der Waals surface area (Å²) in [7, 11) is 1.57. The topological polar surface area (TPSA) is 131 Å². The van der Waals surface area contributed by atoms with Crippen LogP contribution in [0.25, 0.3) is 23.4 Å². The number of carbonyl (C=O) groups is 1. The van der Waals surface area contributed by atoms with Gasteiger partial charge in [0.1, 0.15) is 17.5 Å². The van der Waals surface area contributed by atoms with E-state index in [-0.39, 0.29) is 31.2 Å². The van der Waals surface area contributed by atoms with E-state index < -0.39 is 5.60 Å². The molecule has 3 heterocycles. The minimum atomic E-state index is -0.487. The number of amides is 1. The lowest BCUT2D eigenvalue weighted by Gasteiger charge is -2.39. The maximum Gasteiger partial charge on any atom is 0.410 e. The van der Waals surface area contributed by atoms with E-state index >= 15 is 0 Å². The first-order valence-corrected chi connectivity index (χ1v) is 15.0. The van der Waals surface area contributed by atoms with Gasteiger partial charge in [0, 0.05) is 56.4 Å². The van der Waals surface area contributed by atoms with E-state index in [1.54, 1.807) is 18.2 Å². The number of methoxy groups -OCH3 is 1. The Bertz CT molecular complexity index is 1440. The molecule has 0 atom stereocenters. The van der Waals surface area contributed by atoms with Gasteiger partial charge in [-0.2, -0.15) is 0 Å². The van der Waals surface area contributed by atoms with Crippen LogP contribution in [0.3, 0.4) is 0 Å². The number of piperidine rings is 1. The molecule has 2 aromatic heterocycles. The molecule has 11 heteroatoms. The summed E-state index contributed by atoms with van der Waals surface area (Å²) in [6.45, 7) is 7.07. The number of anilines is 1. The van der Waals surface area contributed by atoms with Crippen molar-refractivity contribution in [1.29, 1.82) is 0 Å². The first kappa shape index (κ1) is 31.2. The summed E-state index contributed by atoms with van der Waals surface area (Å²) < 4.78 is 28.6. The Hall–Kier alpha value is -4.22. The second kappa shape index (κ2) is 14.0. The van der Waals surface area contributed by atoms with Crippen LogP contribution in [0.2, 0.25) is 0 Å². The first-order valence-electron chi connectivity index (χ1n) is 15.0. The fourth-order valence-electron chi connectivity index (χ4n) is 5.05. The number of rotatable bonds is 10. The number of hydrogen-bond acceptors (Lipinski definition) is 10. The second-order valence-electron chi connectivity index (χ2n) is 12.0. The summed E-state index contributed by atoms with van der Waals surface area (Å²) in [5, 5.41) is 8.42. The van der Waals surface area contributed by atoms with Crippen molar-refractivity contribution in [3.05, 3.63) is 59.8 Å². The molecule has 44 heavy (non-hydrogen) atoms. The van der Waals surface area contributed by atoms with E-state index in [9.17, 15) is 4.79 Å². The van der Waals surface area contributed by atoms with Crippen LogP contribution in [0.15, 0.2) is 48.7 Å². The maximum absolute atomic E-state index is 12.3. The Balaban J connectivity index is 1.11. The molecule has 1 aliphatic heterocycles. The highest BCUT2D eigenvalue weighted by Crippen LogP contribution is 2.32. The summed E-state index contributed by atoms with van der Waals surface area (Å²) >= 11 is 0. The summed E-state index contributed by atoms with van der Waals surface area (Å²) in [6.07, 6.45) is 8.90. The van der Waals surface area contributed by atoms with Gasteiger partial charge in [-0.3, -0.25) is 0 Å². The normalized spacial score (nSPS) is 19.0. The van der Waals surface area contributed by atoms with Crippen molar-refractivity contribution in [2.24, 2.45) is 0 Å². The Morgan fingerprint density at radius 3 is 2.55 bits per heavy atom. The van der Waals surface area contributed by atoms with Crippen molar-refractivity contribution in [3.63, 3.8) is 0 Å². The lowest BCUT2D eigenvalue weighted by molar-refractivity contribution is -0.110. The van der Waals surface area contributed by atoms with E-state index in [0.717, 1.165) is 42.4 Å². The number of hydrogen-bond donors (Lipinski definition) is 1. The molecule has 2 N–H and O–H groups in total. The number of para-hydroxylation sites is 1. The number of benzene rings is 1. The third kappa shape index (κ3) is 8.45. The van der Waals surface area contributed by atoms with Gasteiger partial charge in [-0.1, -0.05) is 24.3 Å². The van der Waals surface area contributed by atoms with Crippen LogP contribution >= 0.6 is 0 Å². The Morgan fingerprint density at radius 2 is 1.80 bits per heavy atom. The van der Waals surface area contributed by atoms with Crippen LogP contribution in [0.1, 0.15) is 57.6 Å². The van der Waals surface area contributed by atoms with Gasteiger partial charge in [0.25, 0.3) is 0 Å². The number of pyridine rings is 1. The molecule has 234 valence electrons. The van der Waals surface area contributed by atoms with Gasteiger partial charge in [-0.05, 0) is 63.4 Å². The first-order chi connectivity index (χ1) is 21.2. The van der Waals surface area contributed by atoms with Crippen LogP contribution in [-0.2, 0) is 14.2 Å². The molecule has 0 bridgehead atoms. The quantitative estimate of drug-likeness (QED) is 0.292. The third-order valence-corrected chi connectivity index (χ3v) is 7.38. The minimum Gasteiger partial charge on any atom is -0.474 e. The molecule has 1 saturated carbocycles. The summed E-state index contributed by atoms with van der Waals surface area (Å²) in [4.78, 5) is 18.5. The minimum absolute atomic E-state index is 0.0524. The molecule has 0 unspecified atom stereocenters. The van der Waals surface area contributed by atoms with Gasteiger partial charge in [-0.15, -0.1) is 10.2 Å². The zero-order valence-electron chi connectivity index (χ0n) is 25.8. The van der Waals surface area contributed by atoms with E-state index in [2.05, 4.69) is 15.2 Å². The van der Waals surface area contributed by atoms with Gasteiger partial charge in [-0.25, -0.2) is 9.78 Å². The Morgan fingerprint density at radius 1 is 1.02 bits per heavy atom. The molecular weight excluding hydrogens is 562 g/mol. The fraction of sp³-hybridized carbons (Fsp3) is 0.455. The summed E-state index contributed by atoms with van der Waals surface area (Å²) in [5.74, 6) is 1.53. The van der Waals surface area contributed by atoms with Crippen LogP contribution in [0.5, 0.6) is 11.6 Å². The molecule has 3 aromatic rings. The van der Waals surface area contributed by atoms with Gasteiger partial charge < -0.3 is 34.3 Å². The number of likely N-dealkylation sites (tertiary alicyclic amines) is 1. The molecule has 0 radical (unpaired) electrons. The molecule has 2 fully saturated rings. The van der Waals surface area contributed by atoms with E-state index in [1.807, 2.05) is 75.4 Å². The van der Waals surface area contributed by atoms with Gasteiger partial charge >= 0.3 is 6.09 Å². The maximum atomic E-state index is 12.3. The molecule has 1 aromatic carbocycles. The van der Waals surface area contributed by atoms with Crippen molar-refractivity contribution in [2.75, 3.05) is 32.7 Å². The van der Waals surface area contributed by atoms with Crippen LogP contribution in [0, 0.1) is 0 Å². The number of nitrogens with two attached hydrogens (primary N) is 1. The highest BCUT2D eigenvalue weighted by molar-refractivity contribution is 5.78. The third-order valence-electron chi connectivity index (χ3n) is 7.38. The highest BCUT2D eigenvalue weighted by Gasteiger charge is 2.35. The molecular formula is C33H41N5O6. The molecule has 1 aliphatic carbocycles. The van der Waals surface area contributed by atoms with Crippen molar-refractivity contribution in [3.8, 4) is 22.9 Å². The number of aromatic nitrogens is 3. The Labute approximate surface area is 258 Å². The van der Waals surface area contributed by atoms with Crippen LogP contribution in [-0.4, -0.2) is 77.1 Å². The number of carbonyl (C=O) groups excluding carboxylic acids is 1. The summed E-state index contributed by atoms with van der Waals surface area (Å²) in [6, 6.07) is 13.2. The van der Waals surface area contributed by atoms with E-state index in [1.165, 1.54) is 0 Å². The molecule has 5 rings (SSSR count). The predicted molar refractivity (Wildman–Crippen MR) is 167 cm³/mol. The molecule has 0 spiro atoms. The highest BCUT2D eigenvalue weighted by atomic mass is 16.7. The zero-order valence-corrected chi connectivity index (χ0v) is 25.8. The molecule has 1 amide bonds. The lowest BCUT2D eigenvalue weighted by atomic mass is 9.91. The van der Waals surface area contributed by atoms with Crippen molar-refractivity contribution in [2.45, 2.75) is 70.4 Å². The van der Waals surface area contributed by atoms with Gasteiger partial charge in [0.2, 0.25) is 5.88 Å². The molecule has 1 saturated heterocycles. The van der Waals surface area contributed by atoms with E-state index in [0.29, 0.717) is 36.2 Å². The standard InChI is InChI=1S/C33H41N5O6/c1-33(2,3)44-32(39)38-15-12-24(13-16-38)42-25-19-26(20-25)43-30-17-22(11-14-35-30)9-10-23-18-28(36-37-31(23)34)27-7-5-6-8-29(27)41-21-40-4/h5-11,14,17-18,24-26H,12-13,15-16,19-21H2,1-4H3,(H2,34,37)/b10-9+. The monoisotopic (exact) mass is 603 g/mol. The van der Waals surface area contributed by atoms with Crippen molar-refractivity contribution >= 4 is 24.1 Å². The second-order valence-corrected chi connectivity index (χ2v) is 12.0. The van der Waals surface area contributed by atoms with Gasteiger partial charge in [0.15, 0.2) is 12.6 Å². The number of nitrogen functional groups attached to an aromatic ring is 1. The SMILES string of the molecule is COCOc1ccccc1-c1cc(/C=C/c2ccnc(OC3CC(OC4CCN(C(=O)OC(C)(C)C)CC4)C3)c2)c(N)nn1. The van der Waals surface area contributed by atoms with Crippen molar-refractivity contribution in [1.82, 2.24) is 20.1 Å². The van der Waals surface area contributed by atoms with E-state index in [4.69, 9.17) is 29.4 Å². The smallest absolute Gasteiger partial charge is 0.410 e. The number of nitrogens with zero attached hydrogens (tertiary/aromatic N) is 4. The lowest BCUT2D eigenvalue weighted by Crippen LogP contribution is -2.46. The zero-order chi connectivity index (χ0) is 31.1. The average Bonchev–Trinajstić information content (AvgIpc) is 2.98. The summed E-state index contributed by atoms with van der Waals surface area (Å²) in [5.41, 5.74) is 8.73. The Kier molecular flexibility index (Phi) is 9.96. The van der Waals surface area contributed by atoms with Gasteiger partial charge in [0.05, 0.1) is 17.9 Å². The van der Waals surface area contributed by atoms with Crippen LogP contribution in [0.4, 0.5) is 10.6 Å². The van der Waals surface area contributed by atoms with Crippen molar-refractivity contribution < 1.29 is 28.5 Å². The number of ether oxygens (including phenoxy) is 5. The average molecular weight is 604 g/mol.